The Morgan fingerprint density at radius 3 is 2.34 bits per heavy atom. The maximum Gasteiger partial charge on any atom is 0.269 e. The first-order valence-corrected chi connectivity index (χ1v) is 23.8. The number of carbonyl (C=O) groups is 1. The molecule has 67 heavy (non-hydrogen) atoms. The van der Waals surface area contributed by atoms with E-state index in [1.807, 2.05) is 17.0 Å². The molecule has 0 spiro atoms. The predicted octanol–water partition coefficient (Wildman–Crippen LogP) is 4.88. The number of amides is 1. The third-order valence-electron chi connectivity index (χ3n) is 13.5. The van der Waals surface area contributed by atoms with Crippen LogP contribution in [0.3, 0.4) is 0 Å². The third-order valence-corrected chi connectivity index (χ3v) is 13.5. The molecule has 20 heteroatoms. The molecular formula is C47H64F3N11O6. The fourth-order valence-electron chi connectivity index (χ4n) is 9.71. The van der Waals surface area contributed by atoms with E-state index in [1.165, 1.54) is 16.8 Å². The van der Waals surface area contributed by atoms with E-state index >= 15 is 0 Å². The average molecular weight is 936 g/mol. The van der Waals surface area contributed by atoms with Gasteiger partial charge >= 0.3 is 0 Å². The Hall–Kier alpha value is -5.15. The van der Waals surface area contributed by atoms with Crippen LogP contribution in [0.2, 0.25) is 0 Å². The molecule has 0 radical (unpaired) electrons. The first-order valence-electron chi connectivity index (χ1n) is 23.8. The number of aromatic nitrogens is 5. The molecule has 1 saturated carbocycles. The lowest BCUT2D eigenvalue weighted by atomic mass is 9.99. The van der Waals surface area contributed by atoms with Crippen molar-refractivity contribution in [1.29, 1.82) is 0 Å². The maximum atomic E-state index is 13.8. The van der Waals surface area contributed by atoms with Crippen molar-refractivity contribution >= 4 is 40.2 Å². The molecule has 1 aromatic carbocycles. The minimum absolute atomic E-state index is 0.0151. The second-order valence-corrected chi connectivity index (χ2v) is 18.2. The summed E-state index contributed by atoms with van der Waals surface area (Å²) >= 11 is 0. The number of likely N-dealkylation sites (tertiary alicyclic amines) is 1. The van der Waals surface area contributed by atoms with Crippen molar-refractivity contribution in [3.05, 3.63) is 70.7 Å². The summed E-state index contributed by atoms with van der Waals surface area (Å²) in [6, 6.07) is 9.43. The van der Waals surface area contributed by atoms with Gasteiger partial charge in [-0.2, -0.15) is 4.98 Å². The van der Waals surface area contributed by atoms with E-state index in [9.17, 15) is 27.9 Å². The molecule has 3 saturated heterocycles. The SMILES string of the molecule is C[C@]1(O)CCC[C@@H]1n1c(=O)c(C(F)F)cc2cnc(NC3CCN(C(=O)CCOCCOCCOCCN4CCN(c5cc(N[C@@H]6CCCN(c7cccc(F)c7)C6)ncn5)CC4)CC3)nc21. The Kier molecular flexibility index (Phi) is 16.4. The second-order valence-electron chi connectivity index (χ2n) is 18.2. The van der Waals surface area contributed by atoms with Crippen molar-refractivity contribution in [2.45, 2.75) is 88.4 Å². The van der Waals surface area contributed by atoms with Crippen LogP contribution in [0.15, 0.2) is 53.7 Å². The van der Waals surface area contributed by atoms with Gasteiger partial charge in [0.2, 0.25) is 11.9 Å². The zero-order valence-electron chi connectivity index (χ0n) is 38.3. The number of fused-ring (bicyclic) bond motifs is 1. The standard InChI is InChI=1S/C47H64F3N11O6/c1-47(64)12-3-8-39(47)61-44-33(27-38(43(49)50)45(61)63)30-51-46(56-44)55-35-9-14-59(15-10-35)42(62)11-21-65-23-25-67-26-24-66-22-20-57-16-18-58(19-17-57)41-29-40(52-32-53-41)54-36-6-4-13-60(31-36)37-7-2-5-34(48)28-37/h2,5,7,27-30,32,35-36,39,43,64H,3-4,6,8-26,31H2,1H3,(H,51,55,56)(H,52,53,54)/t36-,39+,47+/m1/s1. The highest BCUT2D eigenvalue weighted by atomic mass is 19.3. The maximum absolute atomic E-state index is 13.8. The monoisotopic (exact) mass is 935 g/mol. The highest BCUT2D eigenvalue weighted by molar-refractivity contribution is 5.77. The number of aliphatic hydroxyl groups is 1. The highest BCUT2D eigenvalue weighted by Gasteiger charge is 2.40. The number of piperidine rings is 2. The van der Waals surface area contributed by atoms with E-state index in [1.54, 1.807) is 25.4 Å². The summed E-state index contributed by atoms with van der Waals surface area (Å²) in [6.45, 7) is 11.4. The van der Waals surface area contributed by atoms with Gasteiger partial charge in [-0.05, 0) is 76.1 Å². The van der Waals surface area contributed by atoms with Crippen LogP contribution >= 0.6 is 0 Å². The van der Waals surface area contributed by atoms with Gasteiger partial charge in [0.25, 0.3) is 12.0 Å². The van der Waals surface area contributed by atoms with Gasteiger partial charge in [0, 0.05) is 94.3 Å². The minimum Gasteiger partial charge on any atom is -0.388 e. The van der Waals surface area contributed by atoms with E-state index in [0.29, 0.717) is 90.2 Å². The predicted molar refractivity (Wildman–Crippen MR) is 249 cm³/mol. The van der Waals surface area contributed by atoms with Crippen molar-refractivity contribution in [2.75, 3.05) is 119 Å². The number of carbonyl (C=O) groups excluding carboxylic acids is 1. The Morgan fingerprint density at radius 2 is 1.61 bits per heavy atom. The van der Waals surface area contributed by atoms with Gasteiger partial charge in [-0.15, -0.1) is 0 Å². The van der Waals surface area contributed by atoms with Gasteiger partial charge < -0.3 is 44.7 Å². The number of alkyl halides is 2. The van der Waals surface area contributed by atoms with Crippen molar-refractivity contribution in [3.8, 4) is 0 Å². The van der Waals surface area contributed by atoms with Crippen LogP contribution in [0.5, 0.6) is 0 Å². The van der Waals surface area contributed by atoms with E-state index in [2.05, 4.69) is 45.3 Å². The number of anilines is 4. The van der Waals surface area contributed by atoms with E-state index in [4.69, 9.17) is 14.2 Å². The summed E-state index contributed by atoms with van der Waals surface area (Å²) in [6.07, 6.45) is 5.29. The van der Waals surface area contributed by atoms with E-state index in [0.717, 1.165) is 82.0 Å². The Balaban J connectivity index is 0.653. The summed E-state index contributed by atoms with van der Waals surface area (Å²) in [7, 11) is 0. The number of nitrogens with zero attached hydrogens (tertiary/aromatic N) is 9. The zero-order valence-corrected chi connectivity index (χ0v) is 38.3. The van der Waals surface area contributed by atoms with Crippen molar-refractivity contribution in [2.24, 2.45) is 0 Å². The fourth-order valence-corrected chi connectivity index (χ4v) is 9.71. The van der Waals surface area contributed by atoms with Crippen LogP contribution < -0.4 is 26.0 Å². The molecule has 4 aliphatic rings. The molecule has 4 aromatic rings. The van der Waals surface area contributed by atoms with Crippen LogP contribution in [0.1, 0.15) is 76.3 Å². The lowest BCUT2D eigenvalue weighted by Gasteiger charge is -2.36. The van der Waals surface area contributed by atoms with Crippen LogP contribution in [-0.2, 0) is 19.0 Å². The Morgan fingerprint density at radius 1 is 0.851 bits per heavy atom. The summed E-state index contributed by atoms with van der Waals surface area (Å²) < 4.78 is 59.9. The van der Waals surface area contributed by atoms with Crippen LogP contribution in [0.4, 0.5) is 36.4 Å². The molecule has 0 bridgehead atoms. The molecule has 3 aliphatic heterocycles. The third kappa shape index (κ3) is 12.7. The second kappa shape index (κ2) is 22.8. The normalized spacial score (nSPS) is 22.0. The zero-order chi connectivity index (χ0) is 46.8. The van der Waals surface area contributed by atoms with Crippen LogP contribution in [0.25, 0.3) is 11.0 Å². The van der Waals surface area contributed by atoms with Gasteiger partial charge in [-0.3, -0.25) is 19.1 Å². The number of pyridine rings is 1. The number of rotatable bonds is 20. The minimum atomic E-state index is -2.97. The van der Waals surface area contributed by atoms with Crippen molar-refractivity contribution in [3.63, 3.8) is 0 Å². The fraction of sp³-hybridized carbons (Fsp3) is 0.617. The molecule has 3 atom stereocenters. The smallest absolute Gasteiger partial charge is 0.269 e. The van der Waals surface area contributed by atoms with Crippen LogP contribution in [0, 0.1) is 5.82 Å². The van der Waals surface area contributed by atoms with E-state index in [-0.39, 0.29) is 41.8 Å². The number of hydrogen-bond donors (Lipinski definition) is 3. The molecule has 3 aromatic heterocycles. The van der Waals surface area contributed by atoms with Crippen molar-refractivity contribution in [1.82, 2.24) is 34.3 Å². The van der Waals surface area contributed by atoms with Gasteiger partial charge in [-0.1, -0.05) is 6.07 Å². The van der Waals surface area contributed by atoms with Gasteiger partial charge in [0.1, 0.15) is 29.4 Å². The molecule has 364 valence electrons. The average Bonchev–Trinajstić information content (AvgIpc) is 3.68. The van der Waals surface area contributed by atoms with Gasteiger partial charge in [0.15, 0.2) is 0 Å². The largest absolute Gasteiger partial charge is 0.388 e. The summed E-state index contributed by atoms with van der Waals surface area (Å²) in [4.78, 5) is 52.9. The lowest BCUT2D eigenvalue weighted by molar-refractivity contribution is -0.133. The van der Waals surface area contributed by atoms with E-state index < -0.39 is 29.2 Å². The number of benzene rings is 1. The van der Waals surface area contributed by atoms with Gasteiger partial charge in [-0.25, -0.2) is 28.1 Å². The number of hydrogen-bond acceptors (Lipinski definition) is 15. The molecule has 8 rings (SSSR count). The molecule has 0 unspecified atom stereocenters. The van der Waals surface area contributed by atoms with Gasteiger partial charge in [0.05, 0.1) is 63.3 Å². The Bertz CT molecular complexity index is 2310. The number of ether oxygens (including phenoxy) is 3. The first-order chi connectivity index (χ1) is 32.5. The van der Waals surface area contributed by atoms with Crippen molar-refractivity contribution < 1.29 is 37.3 Å². The molecule has 1 aliphatic carbocycles. The Labute approximate surface area is 389 Å². The summed E-state index contributed by atoms with van der Waals surface area (Å²) in [5, 5.41) is 18.2. The first kappa shape index (κ1) is 48.3. The highest BCUT2D eigenvalue weighted by Crippen LogP contribution is 2.40. The summed E-state index contributed by atoms with van der Waals surface area (Å²) in [5.74, 6) is 1.77. The molecule has 4 fully saturated rings. The molecule has 6 heterocycles. The number of nitrogens with one attached hydrogen (secondary N) is 2. The lowest BCUT2D eigenvalue weighted by Crippen LogP contribution is -2.47. The number of piperazine rings is 1. The molecule has 17 nitrogen and oxygen atoms in total. The van der Waals surface area contributed by atoms with Crippen LogP contribution in [-0.4, -0.2) is 162 Å². The molecule has 1 amide bonds. The quantitative estimate of drug-likeness (QED) is 0.102. The number of halogens is 3. The summed E-state index contributed by atoms with van der Waals surface area (Å²) in [5.41, 5.74) is -1.60. The molecule has 3 N–H and O–H groups in total. The topological polar surface area (TPSA) is 176 Å². The molecular weight excluding hydrogens is 872 g/mol.